The van der Waals surface area contributed by atoms with Crippen LogP contribution in [-0.4, -0.2) is 64.7 Å². The van der Waals surface area contributed by atoms with E-state index in [9.17, 15) is 9.59 Å². The molecule has 0 bridgehead atoms. The SMILES string of the molecule is CC(C)(C)OC(=O)N1CCN2C(=O)c3cc(Cl)c(-c4cccc5scnc45)c(Cl)c3OCC[C@H]2C1. The van der Waals surface area contributed by atoms with Gasteiger partial charge in [-0.3, -0.25) is 4.79 Å². The molecule has 0 saturated carbocycles. The predicted octanol–water partition coefficient (Wildman–Crippen LogP) is 6.11. The molecule has 3 aromatic rings. The summed E-state index contributed by atoms with van der Waals surface area (Å²) in [6.45, 7) is 7.00. The molecule has 10 heteroatoms. The lowest BCUT2D eigenvalue weighted by molar-refractivity contribution is 0.00110. The number of hydrogen-bond donors (Lipinski definition) is 0. The van der Waals surface area contributed by atoms with Gasteiger partial charge < -0.3 is 19.3 Å². The van der Waals surface area contributed by atoms with Gasteiger partial charge in [0.05, 0.1) is 44.0 Å². The largest absolute Gasteiger partial charge is 0.491 e. The molecule has 0 unspecified atom stereocenters. The first-order valence-corrected chi connectivity index (χ1v) is 13.0. The minimum Gasteiger partial charge on any atom is -0.491 e. The first-order chi connectivity index (χ1) is 16.6. The molecule has 7 nitrogen and oxygen atoms in total. The molecular weight excluding hydrogens is 509 g/mol. The van der Waals surface area contributed by atoms with Crippen LogP contribution in [0.15, 0.2) is 29.8 Å². The fourth-order valence-corrected chi connectivity index (χ4v) is 5.97. The van der Waals surface area contributed by atoms with Crippen LogP contribution in [0, 0.1) is 0 Å². The maximum absolute atomic E-state index is 13.6. The molecule has 3 heterocycles. The maximum Gasteiger partial charge on any atom is 0.410 e. The lowest BCUT2D eigenvalue weighted by Crippen LogP contribution is -2.58. The number of thiazole rings is 1. The van der Waals surface area contributed by atoms with Gasteiger partial charge in [0.1, 0.15) is 5.60 Å². The number of nitrogens with zero attached hydrogens (tertiary/aromatic N) is 3. The van der Waals surface area contributed by atoms with Gasteiger partial charge in [-0.2, -0.15) is 0 Å². The predicted molar refractivity (Wildman–Crippen MR) is 138 cm³/mol. The van der Waals surface area contributed by atoms with Crippen LogP contribution in [0.2, 0.25) is 10.0 Å². The number of hydrogen-bond acceptors (Lipinski definition) is 6. The van der Waals surface area contributed by atoms with Crippen molar-refractivity contribution in [2.45, 2.75) is 38.8 Å². The van der Waals surface area contributed by atoms with Crippen molar-refractivity contribution >= 4 is 56.8 Å². The summed E-state index contributed by atoms with van der Waals surface area (Å²) in [5.41, 5.74) is 3.72. The van der Waals surface area contributed by atoms with Crippen LogP contribution >= 0.6 is 34.5 Å². The summed E-state index contributed by atoms with van der Waals surface area (Å²) in [4.78, 5) is 34.1. The molecule has 184 valence electrons. The van der Waals surface area contributed by atoms with E-state index >= 15 is 0 Å². The number of carbonyl (C=O) groups excluding carboxylic acids is 2. The van der Waals surface area contributed by atoms with E-state index in [0.717, 1.165) is 15.8 Å². The van der Waals surface area contributed by atoms with E-state index in [0.29, 0.717) is 59.6 Å². The van der Waals surface area contributed by atoms with Crippen molar-refractivity contribution in [3.05, 3.63) is 45.4 Å². The number of rotatable bonds is 1. The molecule has 2 aromatic carbocycles. The molecule has 1 fully saturated rings. The number of benzene rings is 2. The van der Waals surface area contributed by atoms with E-state index in [4.69, 9.17) is 32.7 Å². The molecule has 2 aliphatic heterocycles. The molecule has 2 amide bonds. The number of amides is 2. The molecule has 2 aliphatic rings. The molecule has 0 N–H and O–H groups in total. The van der Waals surface area contributed by atoms with Crippen LogP contribution in [0.5, 0.6) is 5.75 Å². The summed E-state index contributed by atoms with van der Waals surface area (Å²) in [7, 11) is 0. The Balaban J connectivity index is 1.47. The Morgan fingerprint density at radius 2 is 2.03 bits per heavy atom. The number of para-hydroxylation sites is 1. The Hall–Kier alpha value is -2.55. The van der Waals surface area contributed by atoms with Crippen molar-refractivity contribution < 1.29 is 19.1 Å². The van der Waals surface area contributed by atoms with Crippen LogP contribution < -0.4 is 4.74 Å². The first-order valence-electron chi connectivity index (χ1n) is 11.4. The lowest BCUT2D eigenvalue weighted by atomic mass is 9.99. The molecule has 1 saturated heterocycles. The Morgan fingerprint density at radius 3 is 2.80 bits per heavy atom. The monoisotopic (exact) mass is 533 g/mol. The van der Waals surface area contributed by atoms with Crippen molar-refractivity contribution in [2.24, 2.45) is 0 Å². The highest BCUT2D eigenvalue weighted by molar-refractivity contribution is 7.16. The minimum atomic E-state index is -0.582. The molecule has 0 spiro atoms. The zero-order chi connectivity index (χ0) is 24.9. The number of carbonyl (C=O) groups is 2. The summed E-state index contributed by atoms with van der Waals surface area (Å²) in [6, 6.07) is 7.27. The van der Waals surface area contributed by atoms with Gasteiger partial charge in [-0.25, -0.2) is 9.78 Å². The third-order valence-corrected chi connectivity index (χ3v) is 7.58. The third-order valence-electron chi connectivity index (χ3n) is 6.13. The smallest absolute Gasteiger partial charge is 0.410 e. The number of ether oxygens (including phenoxy) is 2. The molecule has 5 rings (SSSR count). The van der Waals surface area contributed by atoms with E-state index < -0.39 is 5.60 Å². The van der Waals surface area contributed by atoms with Crippen molar-refractivity contribution in [1.29, 1.82) is 0 Å². The number of halogens is 2. The van der Waals surface area contributed by atoms with Crippen molar-refractivity contribution in [3.63, 3.8) is 0 Å². The average molecular weight is 534 g/mol. The molecule has 1 aromatic heterocycles. The first kappa shape index (κ1) is 24.2. The highest BCUT2D eigenvalue weighted by Gasteiger charge is 2.38. The Kier molecular flexibility index (Phi) is 6.32. The topological polar surface area (TPSA) is 72.0 Å². The zero-order valence-electron chi connectivity index (χ0n) is 19.6. The second-order valence-electron chi connectivity index (χ2n) is 9.64. The molecule has 0 radical (unpaired) electrons. The van der Waals surface area contributed by atoms with Gasteiger partial charge in [-0.1, -0.05) is 35.3 Å². The normalized spacial score (nSPS) is 18.4. The molecular formula is C25H25Cl2N3O4S. The van der Waals surface area contributed by atoms with Gasteiger partial charge in [-0.15, -0.1) is 11.3 Å². The average Bonchev–Trinajstić information content (AvgIpc) is 3.27. The minimum absolute atomic E-state index is 0.196. The van der Waals surface area contributed by atoms with Gasteiger partial charge in [0.2, 0.25) is 0 Å². The molecule has 0 aliphatic carbocycles. The van der Waals surface area contributed by atoms with Crippen molar-refractivity contribution in [1.82, 2.24) is 14.8 Å². The Morgan fingerprint density at radius 1 is 1.23 bits per heavy atom. The van der Waals surface area contributed by atoms with Gasteiger partial charge >= 0.3 is 6.09 Å². The van der Waals surface area contributed by atoms with Gasteiger partial charge in [-0.05, 0) is 32.9 Å². The van der Waals surface area contributed by atoms with Crippen LogP contribution in [-0.2, 0) is 4.74 Å². The van der Waals surface area contributed by atoms with E-state index in [-0.39, 0.29) is 18.0 Å². The van der Waals surface area contributed by atoms with E-state index in [1.807, 2.05) is 39.0 Å². The fourth-order valence-electron chi connectivity index (χ4n) is 4.55. The Bertz CT molecular complexity index is 1320. The number of aromatic nitrogens is 1. The zero-order valence-corrected chi connectivity index (χ0v) is 22.0. The van der Waals surface area contributed by atoms with E-state index in [1.165, 1.54) is 11.3 Å². The quantitative estimate of drug-likeness (QED) is 0.377. The van der Waals surface area contributed by atoms with Gasteiger partial charge in [0.15, 0.2) is 5.75 Å². The van der Waals surface area contributed by atoms with Crippen LogP contribution in [0.1, 0.15) is 37.6 Å². The van der Waals surface area contributed by atoms with Crippen LogP contribution in [0.4, 0.5) is 4.79 Å². The number of piperazine rings is 1. The number of fused-ring (bicyclic) bond motifs is 3. The van der Waals surface area contributed by atoms with Gasteiger partial charge in [0.25, 0.3) is 5.91 Å². The van der Waals surface area contributed by atoms with Crippen LogP contribution in [0.3, 0.4) is 0 Å². The standard InChI is InChI=1S/C25H25Cl2N3O4S/c1-25(2,3)34-24(32)29-8-9-30-14(12-29)7-10-33-22-16(23(30)31)11-17(26)19(20(22)27)15-5-4-6-18-21(15)28-13-35-18/h4-6,11,13-14H,7-10,12H2,1-3H3/t14-/m0/s1. The van der Waals surface area contributed by atoms with Crippen molar-refractivity contribution in [3.8, 4) is 16.9 Å². The van der Waals surface area contributed by atoms with Gasteiger partial charge in [0, 0.05) is 37.2 Å². The van der Waals surface area contributed by atoms with E-state index in [2.05, 4.69) is 4.98 Å². The third kappa shape index (κ3) is 4.55. The highest BCUT2D eigenvalue weighted by Crippen LogP contribution is 2.46. The van der Waals surface area contributed by atoms with Crippen LogP contribution in [0.25, 0.3) is 21.3 Å². The molecule has 35 heavy (non-hydrogen) atoms. The lowest BCUT2D eigenvalue weighted by Gasteiger charge is -2.42. The second-order valence-corrected chi connectivity index (χ2v) is 11.3. The van der Waals surface area contributed by atoms with E-state index in [1.54, 1.807) is 21.4 Å². The summed E-state index contributed by atoms with van der Waals surface area (Å²) < 4.78 is 12.6. The Labute approximate surface area is 217 Å². The highest BCUT2D eigenvalue weighted by atomic mass is 35.5. The van der Waals surface area contributed by atoms with Crippen molar-refractivity contribution in [2.75, 3.05) is 26.2 Å². The fraction of sp³-hybridized carbons (Fsp3) is 0.400. The summed E-state index contributed by atoms with van der Waals surface area (Å²) in [5.74, 6) is 0.118. The summed E-state index contributed by atoms with van der Waals surface area (Å²) in [5, 5.41) is 0.655. The summed E-state index contributed by atoms with van der Waals surface area (Å²) >= 11 is 15.1. The maximum atomic E-state index is 13.6. The summed E-state index contributed by atoms with van der Waals surface area (Å²) in [6.07, 6.45) is 0.181. The second kappa shape index (κ2) is 9.15. The molecule has 1 atom stereocenters.